The lowest BCUT2D eigenvalue weighted by molar-refractivity contribution is 0.670. The van der Waals surface area contributed by atoms with Gasteiger partial charge >= 0.3 is 0 Å². The molecule has 0 N–H and O–H groups in total. The number of benzene rings is 9. The minimum atomic E-state index is 0.905. The molecule has 0 atom stereocenters. The lowest BCUT2D eigenvalue weighted by Gasteiger charge is -2.26. The second-order valence-electron chi connectivity index (χ2n) is 14.9. The number of nitrogens with zero attached hydrogens (tertiary/aromatic N) is 2. The van der Waals surface area contributed by atoms with E-state index in [1.807, 2.05) is 23.5 Å². The molecular weight excluding hydrogens is 725 g/mol. The Kier molecular flexibility index (Phi) is 7.40. The van der Waals surface area contributed by atoms with Gasteiger partial charge in [-0.15, -0.1) is 11.3 Å². The SMILES string of the molecule is c1ccc(-n2c3ccccc3c3ccc(N(c4ccc(-c5cccc6c5oc5ccccc56)cc4)c4ccc(-c5cccc6sc7ccccc7c56)cc4)cc32)cc1. The normalized spacial score (nSPS) is 11.8. The molecule has 4 heteroatoms. The van der Waals surface area contributed by atoms with Crippen molar-refractivity contribution in [3.05, 3.63) is 206 Å². The summed E-state index contributed by atoms with van der Waals surface area (Å²) in [6.07, 6.45) is 0. The molecule has 0 spiro atoms. The lowest BCUT2D eigenvalue weighted by Crippen LogP contribution is -2.10. The Morgan fingerprint density at radius 3 is 1.79 bits per heavy atom. The Morgan fingerprint density at radius 2 is 0.983 bits per heavy atom. The first-order valence-electron chi connectivity index (χ1n) is 19.7. The molecule has 0 fully saturated rings. The summed E-state index contributed by atoms with van der Waals surface area (Å²) in [5.41, 5.74) is 13.2. The number of para-hydroxylation sites is 4. The van der Waals surface area contributed by atoms with E-state index in [4.69, 9.17) is 4.42 Å². The van der Waals surface area contributed by atoms with Crippen molar-refractivity contribution in [2.75, 3.05) is 4.90 Å². The van der Waals surface area contributed by atoms with Crippen molar-refractivity contribution < 1.29 is 4.42 Å². The van der Waals surface area contributed by atoms with Gasteiger partial charge in [0.05, 0.1) is 11.0 Å². The Morgan fingerprint density at radius 1 is 0.397 bits per heavy atom. The van der Waals surface area contributed by atoms with E-state index in [-0.39, 0.29) is 0 Å². The van der Waals surface area contributed by atoms with Gasteiger partial charge in [-0.25, -0.2) is 0 Å². The Labute approximate surface area is 338 Å². The standard InChI is InChI=1S/C54H34N2OS/c1-2-12-37(13-3-1)56-48-20-7-4-14-43(48)44-33-32-40(34-49(44)56)55(38-28-24-35(25-29-38)41-17-11-23-52-53(41)47-16-6-9-22-51(47)58-52)39-30-26-36(27-31-39)42-18-10-19-46-45-15-5-8-21-50(45)57-54(42)46/h1-34H. The fraction of sp³-hybridized carbons (Fsp3) is 0. The van der Waals surface area contributed by atoms with E-state index in [1.54, 1.807) is 0 Å². The molecule has 0 saturated carbocycles. The van der Waals surface area contributed by atoms with Crippen LogP contribution in [-0.2, 0) is 0 Å². The van der Waals surface area contributed by atoms with E-state index in [1.165, 1.54) is 47.6 Å². The smallest absolute Gasteiger partial charge is 0.143 e. The van der Waals surface area contributed by atoms with E-state index < -0.39 is 0 Å². The van der Waals surface area contributed by atoms with Crippen LogP contribution in [0.15, 0.2) is 211 Å². The number of thiophene rings is 1. The van der Waals surface area contributed by atoms with Crippen LogP contribution in [0.2, 0.25) is 0 Å². The quantitative estimate of drug-likeness (QED) is 0.168. The maximum Gasteiger partial charge on any atom is 0.143 e. The van der Waals surface area contributed by atoms with Gasteiger partial charge in [0.1, 0.15) is 11.2 Å². The predicted molar refractivity (Wildman–Crippen MR) is 247 cm³/mol. The van der Waals surface area contributed by atoms with Gasteiger partial charge in [-0.3, -0.25) is 0 Å². The van der Waals surface area contributed by atoms with Crippen LogP contribution in [0.25, 0.3) is 91.9 Å². The van der Waals surface area contributed by atoms with Gasteiger partial charge in [0, 0.05) is 70.0 Å². The van der Waals surface area contributed by atoms with E-state index in [0.717, 1.165) is 61.3 Å². The van der Waals surface area contributed by atoms with Crippen LogP contribution in [0.3, 0.4) is 0 Å². The highest BCUT2D eigenvalue weighted by Gasteiger charge is 2.19. The van der Waals surface area contributed by atoms with E-state index in [0.29, 0.717) is 0 Å². The third kappa shape index (κ3) is 5.12. The summed E-state index contributed by atoms with van der Waals surface area (Å²) < 4.78 is 11.5. The molecule has 12 rings (SSSR count). The molecule has 0 aliphatic carbocycles. The number of hydrogen-bond acceptors (Lipinski definition) is 3. The second kappa shape index (κ2) is 13.1. The molecule has 0 unspecified atom stereocenters. The summed E-state index contributed by atoms with van der Waals surface area (Å²) in [5, 5.41) is 7.36. The Bertz CT molecular complexity index is 3500. The monoisotopic (exact) mass is 758 g/mol. The molecular formula is C54H34N2OS. The van der Waals surface area contributed by atoms with Crippen LogP contribution in [0.5, 0.6) is 0 Å². The summed E-state index contributed by atoms with van der Waals surface area (Å²) in [5.74, 6) is 0. The zero-order valence-corrected chi connectivity index (χ0v) is 32.2. The van der Waals surface area contributed by atoms with Crippen molar-refractivity contribution in [2.45, 2.75) is 0 Å². The Balaban J connectivity index is 1.02. The highest BCUT2D eigenvalue weighted by atomic mass is 32.1. The van der Waals surface area contributed by atoms with Crippen LogP contribution in [0, 0.1) is 0 Å². The molecule has 0 radical (unpaired) electrons. The molecule has 0 saturated heterocycles. The lowest BCUT2D eigenvalue weighted by atomic mass is 9.99. The van der Waals surface area contributed by atoms with Crippen molar-refractivity contribution >= 4 is 92.3 Å². The van der Waals surface area contributed by atoms with Gasteiger partial charge in [0.25, 0.3) is 0 Å². The summed E-state index contributed by atoms with van der Waals surface area (Å²) >= 11 is 1.86. The average Bonchev–Trinajstić information content (AvgIpc) is 3.97. The summed E-state index contributed by atoms with van der Waals surface area (Å²) in [6, 6.07) is 74.4. The zero-order valence-electron chi connectivity index (χ0n) is 31.3. The molecule has 9 aromatic carbocycles. The van der Waals surface area contributed by atoms with Gasteiger partial charge in [-0.1, -0.05) is 133 Å². The van der Waals surface area contributed by atoms with E-state index in [2.05, 4.69) is 204 Å². The second-order valence-corrected chi connectivity index (χ2v) is 16.0. The average molecular weight is 759 g/mol. The van der Waals surface area contributed by atoms with Gasteiger partial charge in [-0.05, 0) is 89.5 Å². The van der Waals surface area contributed by atoms with Crippen molar-refractivity contribution in [3.63, 3.8) is 0 Å². The largest absolute Gasteiger partial charge is 0.455 e. The molecule has 272 valence electrons. The first kappa shape index (κ1) is 32.8. The van der Waals surface area contributed by atoms with Gasteiger partial charge in [-0.2, -0.15) is 0 Å². The first-order valence-corrected chi connectivity index (χ1v) is 20.5. The maximum atomic E-state index is 6.45. The predicted octanol–water partition coefficient (Wildman–Crippen LogP) is 15.9. The summed E-state index contributed by atoms with van der Waals surface area (Å²) in [7, 11) is 0. The van der Waals surface area contributed by atoms with Gasteiger partial charge < -0.3 is 13.9 Å². The molecule has 0 bridgehead atoms. The highest BCUT2D eigenvalue weighted by molar-refractivity contribution is 7.25. The zero-order chi connectivity index (χ0) is 38.2. The topological polar surface area (TPSA) is 21.3 Å². The van der Waals surface area contributed by atoms with Gasteiger partial charge in [0.15, 0.2) is 0 Å². The number of furan rings is 1. The number of aromatic nitrogens is 1. The number of fused-ring (bicyclic) bond motifs is 9. The van der Waals surface area contributed by atoms with Crippen LogP contribution < -0.4 is 4.90 Å². The summed E-state index contributed by atoms with van der Waals surface area (Å²) in [4.78, 5) is 2.38. The molecule has 3 nitrogen and oxygen atoms in total. The van der Waals surface area contributed by atoms with E-state index >= 15 is 0 Å². The maximum absolute atomic E-state index is 6.45. The number of anilines is 3. The molecule has 0 aliphatic rings. The first-order chi connectivity index (χ1) is 28.8. The molecule has 0 aliphatic heterocycles. The van der Waals surface area contributed by atoms with Crippen LogP contribution in [0.4, 0.5) is 17.1 Å². The van der Waals surface area contributed by atoms with Crippen LogP contribution >= 0.6 is 11.3 Å². The van der Waals surface area contributed by atoms with Crippen LogP contribution in [0.1, 0.15) is 0 Å². The third-order valence-electron chi connectivity index (χ3n) is 11.6. The minimum Gasteiger partial charge on any atom is -0.455 e. The van der Waals surface area contributed by atoms with Crippen molar-refractivity contribution in [3.8, 4) is 27.9 Å². The number of rotatable bonds is 6. The Hall–Kier alpha value is -7.40. The fourth-order valence-corrected chi connectivity index (χ4v) is 10.1. The van der Waals surface area contributed by atoms with Crippen molar-refractivity contribution in [1.29, 1.82) is 0 Å². The molecule has 3 heterocycles. The summed E-state index contributed by atoms with van der Waals surface area (Å²) in [6.45, 7) is 0. The van der Waals surface area contributed by atoms with E-state index in [9.17, 15) is 0 Å². The van der Waals surface area contributed by atoms with Crippen molar-refractivity contribution in [1.82, 2.24) is 4.57 Å². The molecule has 3 aromatic heterocycles. The number of hydrogen-bond donors (Lipinski definition) is 0. The van der Waals surface area contributed by atoms with Gasteiger partial charge in [0.2, 0.25) is 0 Å². The molecule has 0 amide bonds. The highest BCUT2D eigenvalue weighted by Crippen LogP contribution is 2.44. The fourth-order valence-electron chi connectivity index (χ4n) is 8.97. The molecule has 12 aromatic rings. The minimum absolute atomic E-state index is 0.905. The van der Waals surface area contributed by atoms with Crippen molar-refractivity contribution in [2.24, 2.45) is 0 Å². The molecule has 58 heavy (non-hydrogen) atoms. The third-order valence-corrected chi connectivity index (χ3v) is 12.7. The van der Waals surface area contributed by atoms with Crippen LogP contribution in [-0.4, -0.2) is 4.57 Å².